The smallest absolute Gasteiger partial charge is 0.274 e. The first-order valence-electron chi connectivity index (χ1n) is 7.66. The van der Waals surface area contributed by atoms with E-state index in [-0.39, 0.29) is 5.91 Å². The number of carbonyl (C=O) groups excluding carboxylic acids is 1. The number of ether oxygens (including phenoxy) is 1. The van der Waals surface area contributed by atoms with Gasteiger partial charge in [-0.05, 0) is 43.2 Å². The Balaban J connectivity index is 2.06. The Hall–Kier alpha value is -2.53. The van der Waals surface area contributed by atoms with Gasteiger partial charge in [-0.15, -0.1) is 0 Å². The third-order valence-electron chi connectivity index (χ3n) is 3.80. The van der Waals surface area contributed by atoms with E-state index in [1.807, 2.05) is 36.6 Å². The van der Waals surface area contributed by atoms with Gasteiger partial charge in [0.1, 0.15) is 17.1 Å². The van der Waals surface area contributed by atoms with E-state index in [0.717, 1.165) is 16.9 Å². The lowest BCUT2D eigenvalue weighted by atomic mass is 10.2. The number of amides is 1. The first-order valence-corrected chi connectivity index (χ1v) is 8.03. The summed E-state index contributed by atoms with van der Waals surface area (Å²) in [6, 6.07) is 8.98. The molecule has 3 rings (SSSR count). The summed E-state index contributed by atoms with van der Waals surface area (Å²) in [5, 5.41) is 3.41. The molecular formula is C18H18ClN3O2. The van der Waals surface area contributed by atoms with Gasteiger partial charge in [0.15, 0.2) is 0 Å². The minimum Gasteiger partial charge on any atom is -0.495 e. The standard InChI is InChI=1S/C18H18ClN3O2/c1-4-13-17(22-10-11(2)5-8-16(22)20-13)18(23)21-14-9-12(19)6-7-15(14)24-3/h5-10H,4H2,1-3H3,(H,21,23). The molecule has 1 aromatic carbocycles. The summed E-state index contributed by atoms with van der Waals surface area (Å²) in [4.78, 5) is 17.4. The average Bonchev–Trinajstić information content (AvgIpc) is 2.92. The van der Waals surface area contributed by atoms with Crippen LogP contribution in [0.3, 0.4) is 0 Å². The summed E-state index contributed by atoms with van der Waals surface area (Å²) in [5.41, 5.74) is 3.61. The lowest BCUT2D eigenvalue weighted by Crippen LogP contribution is -2.17. The van der Waals surface area contributed by atoms with Crippen LogP contribution in [0.5, 0.6) is 5.75 Å². The van der Waals surface area contributed by atoms with E-state index in [1.54, 1.807) is 25.3 Å². The van der Waals surface area contributed by atoms with Crippen LogP contribution in [-0.2, 0) is 6.42 Å². The molecule has 0 spiro atoms. The van der Waals surface area contributed by atoms with E-state index >= 15 is 0 Å². The Morgan fingerprint density at radius 1 is 1.33 bits per heavy atom. The number of carbonyl (C=O) groups is 1. The summed E-state index contributed by atoms with van der Waals surface area (Å²) in [5.74, 6) is 0.307. The van der Waals surface area contributed by atoms with Gasteiger partial charge < -0.3 is 10.1 Å². The molecule has 124 valence electrons. The van der Waals surface area contributed by atoms with E-state index in [9.17, 15) is 4.79 Å². The summed E-state index contributed by atoms with van der Waals surface area (Å²) >= 11 is 6.03. The molecule has 3 aromatic rings. The molecule has 2 aromatic heterocycles. The number of aryl methyl sites for hydroxylation is 2. The zero-order valence-corrected chi connectivity index (χ0v) is 14.5. The zero-order chi connectivity index (χ0) is 17.3. The zero-order valence-electron chi connectivity index (χ0n) is 13.8. The van der Waals surface area contributed by atoms with Crippen molar-refractivity contribution in [1.29, 1.82) is 0 Å². The van der Waals surface area contributed by atoms with E-state index in [0.29, 0.717) is 28.6 Å². The molecule has 1 N–H and O–H groups in total. The van der Waals surface area contributed by atoms with Crippen LogP contribution < -0.4 is 10.1 Å². The predicted octanol–water partition coefficient (Wildman–Crippen LogP) is 4.12. The highest BCUT2D eigenvalue weighted by atomic mass is 35.5. The number of benzene rings is 1. The molecule has 24 heavy (non-hydrogen) atoms. The fourth-order valence-corrected chi connectivity index (χ4v) is 2.82. The number of rotatable bonds is 4. The minimum absolute atomic E-state index is 0.245. The van der Waals surface area contributed by atoms with Gasteiger partial charge in [0.25, 0.3) is 5.91 Å². The van der Waals surface area contributed by atoms with Crippen molar-refractivity contribution in [2.45, 2.75) is 20.3 Å². The topological polar surface area (TPSA) is 55.6 Å². The summed E-state index contributed by atoms with van der Waals surface area (Å²) in [7, 11) is 1.55. The van der Waals surface area contributed by atoms with Crippen LogP contribution in [0.4, 0.5) is 5.69 Å². The second-order valence-corrected chi connectivity index (χ2v) is 5.93. The van der Waals surface area contributed by atoms with Gasteiger partial charge in [-0.1, -0.05) is 24.6 Å². The number of imidazole rings is 1. The van der Waals surface area contributed by atoms with Crippen molar-refractivity contribution in [1.82, 2.24) is 9.38 Å². The number of nitrogens with one attached hydrogen (secondary N) is 1. The molecule has 0 unspecified atom stereocenters. The number of fused-ring (bicyclic) bond motifs is 1. The third kappa shape index (κ3) is 2.95. The Morgan fingerprint density at radius 3 is 2.83 bits per heavy atom. The van der Waals surface area contributed by atoms with Crippen molar-refractivity contribution in [2.75, 3.05) is 12.4 Å². The van der Waals surface area contributed by atoms with E-state index in [2.05, 4.69) is 10.3 Å². The SMILES string of the molecule is CCc1nc2ccc(C)cn2c1C(=O)Nc1cc(Cl)ccc1OC. The Bertz CT molecular complexity index is 918. The van der Waals surface area contributed by atoms with Crippen LogP contribution in [0, 0.1) is 6.92 Å². The quantitative estimate of drug-likeness (QED) is 0.775. The van der Waals surface area contributed by atoms with Gasteiger partial charge in [0.05, 0.1) is 18.5 Å². The number of methoxy groups -OCH3 is 1. The number of hydrogen-bond acceptors (Lipinski definition) is 3. The molecule has 0 fully saturated rings. The van der Waals surface area contributed by atoms with Crippen molar-refractivity contribution < 1.29 is 9.53 Å². The van der Waals surface area contributed by atoms with Crippen molar-refractivity contribution in [3.8, 4) is 5.75 Å². The number of aromatic nitrogens is 2. The molecule has 0 aliphatic rings. The fourth-order valence-electron chi connectivity index (χ4n) is 2.65. The molecule has 0 aliphatic heterocycles. The maximum atomic E-state index is 12.9. The molecule has 5 nitrogen and oxygen atoms in total. The predicted molar refractivity (Wildman–Crippen MR) is 95.3 cm³/mol. The molecule has 0 saturated carbocycles. The van der Waals surface area contributed by atoms with Gasteiger partial charge in [-0.3, -0.25) is 9.20 Å². The molecule has 6 heteroatoms. The lowest BCUT2D eigenvalue weighted by Gasteiger charge is -2.11. The van der Waals surface area contributed by atoms with Crippen molar-refractivity contribution in [3.05, 3.63) is 58.5 Å². The van der Waals surface area contributed by atoms with E-state index in [4.69, 9.17) is 16.3 Å². The minimum atomic E-state index is -0.245. The van der Waals surface area contributed by atoms with E-state index < -0.39 is 0 Å². The maximum Gasteiger partial charge on any atom is 0.274 e. The van der Waals surface area contributed by atoms with Gasteiger partial charge in [-0.25, -0.2) is 4.98 Å². The molecule has 0 aliphatic carbocycles. The Labute approximate surface area is 145 Å². The van der Waals surface area contributed by atoms with Crippen molar-refractivity contribution in [3.63, 3.8) is 0 Å². The number of pyridine rings is 1. The van der Waals surface area contributed by atoms with Gasteiger partial charge in [0.2, 0.25) is 0 Å². The van der Waals surface area contributed by atoms with Crippen LogP contribution >= 0.6 is 11.6 Å². The second-order valence-electron chi connectivity index (χ2n) is 5.49. The lowest BCUT2D eigenvalue weighted by molar-refractivity contribution is 0.102. The van der Waals surface area contributed by atoms with Crippen LogP contribution in [0.2, 0.25) is 5.02 Å². The van der Waals surface area contributed by atoms with Gasteiger partial charge >= 0.3 is 0 Å². The Morgan fingerprint density at radius 2 is 2.12 bits per heavy atom. The highest BCUT2D eigenvalue weighted by Crippen LogP contribution is 2.28. The maximum absolute atomic E-state index is 12.9. The fraction of sp³-hybridized carbons (Fsp3) is 0.222. The normalized spacial score (nSPS) is 10.8. The second kappa shape index (κ2) is 6.53. The molecule has 0 atom stereocenters. The highest BCUT2D eigenvalue weighted by molar-refractivity contribution is 6.31. The first-order chi connectivity index (χ1) is 11.5. The van der Waals surface area contributed by atoms with Crippen LogP contribution in [0.15, 0.2) is 36.5 Å². The van der Waals surface area contributed by atoms with E-state index in [1.165, 1.54) is 0 Å². The Kier molecular flexibility index (Phi) is 4.44. The van der Waals surface area contributed by atoms with Gasteiger partial charge in [-0.2, -0.15) is 0 Å². The molecule has 0 saturated heterocycles. The monoisotopic (exact) mass is 343 g/mol. The van der Waals surface area contributed by atoms with Crippen molar-refractivity contribution >= 4 is 28.8 Å². The molecule has 0 radical (unpaired) electrons. The van der Waals surface area contributed by atoms with Crippen LogP contribution in [-0.4, -0.2) is 22.4 Å². The third-order valence-corrected chi connectivity index (χ3v) is 4.03. The number of halogens is 1. The largest absolute Gasteiger partial charge is 0.495 e. The highest BCUT2D eigenvalue weighted by Gasteiger charge is 2.19. The molecule has 2 heterocycles. The average molecular weight is 344 g/mol. The molecule has 1 amide bonds. The number of anilines is 1. The summed E-state index contributed by atoms with van der Waals surface area (Å²) in [6.07, 6.45) is 2.57. The van der Waals surface area contributed by atoms with Crippen LogP contribution in [0.1, 0.15) is 28.7 Å². The van der Waals surface area contributed by atoms with Crippen molar-refractivity contribution in [2.24, 2.45) is 0 Å². The number of nitrogens with zero attached hydrogens (tertiary/aromatic N) is 2. The molecular weight excluding hydrogens is 326 g/mol. The molecule has 0 bridgehead atoms. The first kappa shape index (κ1) is 16.3. The summed E-state index contributed by atoms with van der Waals surface area (Å²) < 4.78 is 7.11. The van der Waals surface area contributed by atoms with Gasteiger partial charge in [0, 0.05) is 11.2 Å². The number of hydrogen-bond donors (Lipinski definition) is 1. The summed E-state index contributed by atoms with van der Waals surface area (Å²) in [6.45, 7) is 3.96. The van der Waals surface area contributed by atoms with Crippen LogP contribution in [0.25, 0.3) is 5.65 Å².